The highest BCUT2D eigenvalue weighted by molar-refractivity contribution is 5.04. The first-order valence-corrected chi connectivity index (χ1v) is 5.15. The van der Waals surface area contributed by atoms with Crippen LogP contribution in [0.2, 0.25) is 0 Å². The van der Waals surface area contributed by atoms with E-state index in [0.29, 0.717) is 6.04 Å². The Morgan fingerprint density at radius 1 is 1.17 bits per heavy atom. The summed E-state index contributed by atoms with van der Waals surface area (Å²) < 4.78 is 0. The van der Waals surface area contributed by atoms with Gasteiger partial charge in [0.15, 0.2) is 0 Å². The van der Waals surface area contributed by atoms with Gasteiger partial charge in [0, 0.05) is 11.6 Å². The second kappa shape index (κ2) is 2.05. The van der Waals surface area contributed by atoms with Crippen LogP contribution in [0.3, 0.4) is 0 Å². The van der Waals surface area contributed by atoms with Crippen LogP contribution in [-0.4, -0.2) is 21.9 Å². The van der Waals surface area contributed by atoms with E-state index in [1.807, 2.05) is 0 Å². The van der Waals surface area contributed by atoms with Gasteiger partial charge in [0.1, 0.15) is 0 Å². The molecule has 0 aromatic rings. The van der Waals surface area contributed by atoms with Crippen molar-refractivity contribution in [1.82, 2.24) is 5.06 Å². The van der Waals surface area contributed by atoms with Crippen molar-refractivity contribution in [3.8, 4) is 0 Å². The third kappa shape index (κ3) is 0.775. The SMILES string of the molecule is CC12C[C@@H]3CC(C[C@H](C3)C1)N2O. The van der Waals surface area contributed by atoms with Crippen LogP contribution in [0, 0.1) is 11.8 Å². The molecular weight excluding hydrogens is 150 g/mol. The highest BCUT2D eigenvalue weighted by Crippen LogP contribution is 2.53. The van der Waals surface area contributed by atoms with E-state index in [2.05, 4.69) is 6.92 Å². The van der Waals surface area contributed by atoms with Crippen molar-refractivity contribution in [2.75, 3.05) is 0 Å². The summed E-state index contributed by atoms with van der Waals surface area (Å²) in [6, 6.07) is 0.501. The van der Waals surface area contributed by atoms with E-state index < -0.39 is 0 Å². The third-order valence-electron chi connectivity index (χ3n) is 4.23. The Morgan fingerprint density at radius 2 is 1.75 bits per heavy atom. The first-order chi connectivity index (χ1) is 5.67. The van der Waals surface area contributed by atoms with Crippen molar-refractivity contribution in [3.63, 3.8) is 0 Å². The van der Waals surface area contributed by atoms with Crippen molar-refractivity contribution in [1.29, 1.82) is 0 Å². The molecule has 2 atom stereocenters. The topological polar surface area (TPSA) is 23.5 Å². The van der Waals surface area contributed by atoms with Gasteiger partial charge in [-0.1, -0.05) is 0 Å². The molecule has 68 valence electrons. The van der Waals surface area contributed by atoms with Gasteiger partial charge >= 0.3 is 0 Å². The molecule has 0 aromatic carbocycles. The average molecular weight is 167 g/mol. The molecule has 2 aliphatic heterocycles. The quantitative estimate of drug-likeness (QED) is 0.596. The lowest BCUT2D eigenvalue weighted by Gasteiger charge is -2.59. The van der Waals surface area contributed by atoms with Crippen LogP contribution >= 0.6 is 0 Å². The Labute approximate surface area is 73.5 Å². The molecule has 2 saturated heterocycles. The molecule has 2 nitrogen and oxygen atoms in total. The normalized spacial score (nSPS) is 58.0. The Morgan fingerprint density at radius 3 is 2.25 bits per heavy atom. The number of piperidine rings is 2. The molecule has 2 heterocycles. The van der Waals surface area contributed by atoms with Gasteiger partial charge in [-0.25, -0.2) is 0 Å². The van der Waals surface area contributed by atoms with E-state index in [9.17, 15) is 5.21 Å². The maximum Gasteiger partial charge on any atom is 0.0440 e. The monoisotopic (exact) mass is 167 g/mol. The number of hydrogen-bond acceptors (Lipinski definition) is 2. The summed E-state index contributed by atoms with van der Waals surface area (Å²) in [6.45, 7) is 2.23. The highest BCUT2D eigenvalue weighted by Gasteiger charge is 2.53. The second-order valence-corrected chi connectivity index (χ2v) is 5.34. The minimum Gasteiger partial charge on any atom is -0.313 e. The zero-order valence-electron chi connectivity index (χ0n) is 7.66. The summed E-state index contributed by atoms with van der Waals surface area (Å²) in [5, 5.41) is 11.6. The van der Waals surface area contributed by atoms with E-state index in [0.717, 1.165) is 11.8 Å². The lowest BCUT2D eigenvalue weighted by molar-refractivity contribution is -0.269. The Hall–Kier alpha value is -0.0800. The minimum absolute atomic E-state index is 0.148. The Bertz CT molecular complexity index is 202. The first kappa shape index (κ1) is 7.34. The van der Waals surface area contributed by atoms with Crippen molar-refractivity contribution in [2.24, 2.45) is 11.8 Å². The summed E-state index contributed by atoms with van der Waals surface area (Å²) >= 11 is 0. The lowest BCUT2D eigenvalue weighted by atomic mass is 9.59. The van der Waals surface area contributed by atoms with Crippen molar-refractivity contribution in [3.05, 3.63) is 0 Å². The fourth-order valence-corrected chi connectivity index (χ4v) is 4.02. The molecule has 1 N–H and O–H groups in total. The van der Waals surface area contributed by atoms with Crippen LogP contribution < -0.4 is 0 Å². The van der Waals surface area contributed by atoms with Crippen LogP contribution in [0.15, 0.2) is 0 Å². The van der Waals surface area contributed by atoms with Gasteiger partial charge in [0.05, 0.1) is 0 Å². The summed E-state index contributed by atoms with van der Waals surface area (Å²) in [4.78, 5) is 0. The summed E-state index contributed by atoms with van der Waals surface area (Å²) in [5.41, 5.74) is 0.148. The van der Waals surface area contributed by atoms with Crippen LogP contribution in [0.1, 0.15) is 39.0 Å². The maximum absolute atomic E-state index is 9.92. The molecule has 4 fully saturated rings. The van der Waals surface area contributed by atoms with E-state index in [1.165, 1.54) is 32.1 Å². The van der Waals surface area contributed by atoms with Gasteiger partial charge in [0.25, 0.3) is 0 Å². The Kier molecular flexibility index (Phi) is 1.25. The zero-order chi connectivity index (χ0) is 8.34. The van der Waals surface area contributed by atoms with Gasteiger partial charge in [-0.05, 0) is 50.9 Å². The summed E-state index contributed by atoms with van der Waals surface area (Å²) in [7, 11) is 0. The van der Waals surface area contributed by atoms with Gasteiger partial charge in [-0.2, -0.15) is 5.06 Å². The third-order valence-corrected chi connectivity index (χ3v) is 4.23. The average Bonchev–Trinajstić information content (AvgIpc) is 1.98. The fourth-order valence-electron chi connectivity index (χ4n) is 4.02. The van der Waals surface area contributed by atoms with Gasteiger partial charge in [-0.3, -0.25) is 0 Å². The predicted molar refractivity (Wildman–Crippen MR) is 45.9 cm³/mol. The molecule has 0 unspecified atom stereocenters. The number of hydrogen-bond donors (Lipinski definition) is 1. The highest BCUT2D eigenvalue weighted by atomic mass is 16.5. The second-order valence-electron chi connectivity index (χ2n) is 5.34. The largest absolute Gasteiger partial charge is 0.313 e. The molecule has 2 aliphatic carbocycles. The van der Waals surface area contributed by atoms with Gasteiger partial charge < -0.3 is 5.21 Å². The van der Waals surface area contributed by atoms with Crippen LogP contribution in [-0.2, 0) is 0 Å². The fraction of sp³-hybridized carbons (Fsp3) is 1.00. The summed E-state index contributed by atoms with van der Waals surface area (Å²) in [6.07, 6.45) is 6.41. The molecule has 0 amide bonds. The molecule has 4 rings (SSSR count). The predicted octanol–water partition coefficient (Wildman–Crippen LogP) is 2.03. The number of hydroxylamine groups is 2. The first-order valence-electron chi connectivity index (χ1n) is 5.15. The van der Waals surface area contributed by atoms with Gasteiger partial charge in [-0.15, -0.1) is 0 Å². The summed E-state index contributed by atoms with van der Waals surface area (Å²) in [5.74, 6) is 1.85. The Balaban J connectivity index is 1.97. The van der Waals surface area contributed by atoms with Crippen molar-refractivity contribution in [2.45, 2.75) is 50.6 Å². The maximum atomic E-state index is 9.92. The number of nitrogens with zero attached hydrogens (tertiary/aromatic N) is 1. The molecule has 2 saturated carbocycles. The van der Waals surface area contributed by atoms with E-state index in [-0.39, 0.29) is 5.54 Å². The molecule has 0 radical (unpaired) electrons. The number of rotatable bonds is 0. The molecule has 0 aromatic heterocycles. The lowest BCUT2D eigenvalue weighted by Crippen LogP contribution is -2.63. The molecule has 0 spiro atoms. The zero-order valence-corrected chi connectivity index (χ0v) is 7.66. The molecule has 4 bridgehead atoms. The minimum atomic E-state index is 0.148. The van der Waals surface area contributed by atoms with Crippen molar-refractivity contribution >= 4 is 0 Å². The molecule has 4 aliphatic rings. The van der Waals surface area contributed by atoms with E-state index in [4.69, 9.17) is 0 Å². The molecular formula is C10H17NO. The van der Waals surface area contributed by atoms with Gasteiger partial charge in [0.2, 0.25) is 0 Å². The van der Waals surface area contributed by atoms with Crippen molar-refractivity contribution < 1.29 is 5.21 Å². The van der Waals surface area contributed by atoms with Crippen LogP contribution in [0.5, 0.6) is 0 Å². The van der Waals surface area contributed by atoms with Crippen LogP contribution in [0.25, 0.3) is 0 Å². The van der Waals surface area contributed by atoms with E-state index in [1.54, 1.807) is 5.06 Å². The molecule has 2 heteroatoms. The smallest absolute Gasteiger partial charge is 0.0440 e. The van der Waals surface area contributed by atoms with Crippen LogP contribution in [0.4, 0.5) is 0 Å². The van der Waals surface area contributed by atoms with E-state index >= 15 is 0 Å². The standard InChI is InChI=1S/C10H17NO/c1-10-5-7-2-8(6-10)4-9(3-7)11(10)12/h7-9,12H,2-6H2,1H3/t7-,8-,9?,10?/m0/s1. The molecule has 12 heavy (non-hydrogen) atoms.